The van der Waals surface area contributed by atoms with E-state index in [1.165, 1.54) is 23.6 Å². The molecular weight excluding hydrogens is 317 g/mol. The summed E-state index contributed by atoms with van der Waals surface area (Å²) in [5, 5.41) is 4.90. The van der Waals surface area contributed by atoms with Gasteiger partial charge in [0.05, 0.1) is 11.9 Å². The number of carbonyl (C=O) groups excluding carboxylic acids is 1. The number of rotatable bonds is 5. The molecule has 23 heavy (non-hydrogen) atoms. The lowest BCUT2D eigenvalue weighted by Crippen LogP contribution is -2.20. The zero-order valence-electron chi connectivity index (χ0n) is 11.9. The third-order valence-electron chi connectivity index (χ3n) is 2.93. The van der Waals surface area contributed by atoms with E-state index in [1.54, 1.807) is 41.9 Å². The maximum absolute atomic E-state index is 13.7. The summed E-state index contributed by atoms with van der Waals surface area (Å²) in [6, 6.07) is 9.69. The summed E-state index contributed by atoms with van der Waals surface area (Å²) in [5.74, 6) is -0.214. The van der Waals surface area contributed by atoms with Crippen molar-refractivity contribution in [2.45, 2.75) is 0 Å². The third kappa shape index (κ3) is 3.89. The fourth-order valence-electron chi connectivity index (χ4n) is 1.88. The lowest BCUT2D eigenvalue weighted by molar-refractivity contribution is -0.118. The Morgan fingerprint density at radius 3 is 2.78 bits per heavy atom. The van der Waals surface area contributed by atoms with E-state index >= 15 is 0 Å². The number of ether oxygens (including phenoxy) is 1. The average molecular weight is 329 g/mol. The predicted octanol–water partition coefficient (Wildman–Crippen LogP) is 3.36. The molecule has 2 heterocycles. The molecule has 3 aromatic rings. The highest BCUT2D eigenvalue weighted by Gasteiger charge is 2.07. The van der Waals surface area contributed by atoms with Crippen molar-refractivity contribution in [2.75, 3.05) is 11.9 Å². The standard InChI is InChI=1S/C16H12FN3O2S/c17-13-4-2-1-3-12(13)14-6-5-11(9-19-14)22-10-15(21)20-16-18-7-8-23-16/h1-9H,10H2,(H,18,20,21). The molecule has 0 fully saturated rings. The number of benzene rings is 1. The number of amides is 1. The zero-order chi connectivity index (χ0) is 16.1. The highest BCUT2D eigenvalue weighted by atomic mass is 32.1. The summed E-state index contributed by atoms with van der Waals surface area (Å²) in [5.41, 5.74) is 0.920. The van der Waals surface area contributed by atoms with E-state index in [2.05, 4.69) is 15.3 Å². The van der Waals surface area contributed by atoms with E-state index in [-0.39, 0.29) is 18.3 Å². The van der Waals surface area contributed by atoms with Crippen molar-refractivity contribution >= 4 is 22.4 Å². The first-order valence-corrected chi connectivity index (χ1v) is 7.63. The van der Waals surface area contributed by atoms with Crippen LogP contribution in [0.15, 0.2) is 54.2 Å². The molecule has 0 bridgehead atoms. The second kappa shape index (κ2) is 6.97. The molecule has 0 radical (unpaired) electrons. The fraction of sp³-hybridized carbons (Fsp3) is 0.0625. The molecule has 0 saturated heterocycles. The number of thiazole rings is 1. The largest absolute Gasteiger partial charge is 0.482 e. The summed E-state index contributed by atoms with van der Waals surface area (Å²) in [4.78, 5) is 19.8. The van der Waals surface area contributed by atoms with E-state index in [9.17, 15) is 9.18 Å². The Morgan fingerprint density at radius 2 is 2.09 bits per heavy atom. The molecule has 0 aliphatic heterocycles. The highest BCUT2D eigenvalue weighted by Crippen LogP contribution is 2.22. The van der Waals surface area contributed by atoms with Gasteiger partial charge in [0.15, 0.2) is 11.7 Å². The zero-order valence-corrected chi connectivity index (χ0v) is 12.7. The van der Waals surface area contributed by atoms with Crippen molar-refractivity contribution in [2.24, 2.45) is 0 Å². The summed E-state index contributed by atoms with van der Waals surface area (Å²) in [6.07, 6.45) is 3.06. The minimum atomic E-state index is -0.337. The maximum Gasteiger partial charge on any atom is 0.264 e. The number of aromatic nitrogens is 2. The van der Waals surface area contributed by atoms with Crippen LogP contribution in [0, 0.1) is 5.82 Å². The van der Waals surface area contributed by atoms with Gasteiger partial charge in [-0.05, 0) is 24.3 Å². The summed E-state index contributed by atoms with van der Waals surface area (Å²) >= 11 is 1.33. The van der Waals surface area contributed by atoms with Crippen LogP contribution in [0.1, 0.15) is 0 Å². The van der Waals surface area contributed by atoms with Crippen LogP contribution in [0.25, 0.3) is 11.3 Å². The molecule has 1 amide bonds. The van der Waals surface area contributed by atoms with Crippen molar-refractivity contribution < 1.29 is 13.9 Å². The molecular formula is C16H12FN3O2S. The topological polar surface area (TPSA) is 64.1 Å². The van der Waals surface area contributed by atoms with Gasteiger partial charge in [-0.1, -0.05) is 12.1 Å². The van der Waals surface area contributed by atoms with E-state index in [4.69, 9.17) is 4.74 Å². The Morgan fingerprint density at radius 1 is 1.22 bits per heavy atom. The summed E-state index contributed by atoms with van der Waals surface area (Å²) < 4.78 is 19.0. The normalized spacial score (nSPS) is 10.3. The van der Waals surface area contributed by atoms with Crippen LogP contribution in [0.4, 0.5) is 9.52 Å². The van der Waals surface area contributed by atoms with Crippen LogP contribution in [0.3, 0.4) is 0 Å². The van der Waals surface area contributed by atoms with Crippen LogP contribution in [0.2, 0.25) is 0 Å². The predicted molar refractivity (Wildman–Crippen MR) is 85.9 cm³/mol. The highest BCUT2D eigenvalue weighted by molar-refractivity contribution is 7.13. The van der Waals surface area contributed by atoms with Gasteiger partial charge >= 0.3 is 0 Å². The molecule has 1 N–H and O–H groups in total. The van der Waals surface area contributed by atoms with Gasteiger partial charge in [-0.25, -0.2) is 9.37 Å². The van der Waals surface area contributed by atoms with Gasteiger partial charge in [0.25, 0.3) is 5.91 Å². The number of carbonyl (C=O) groups is 1. The van der Waals surface area contributed by atoms with Crippen LogP contribution in [0.5, 0.6) is 5.75 Å². The van der Waals surface area contributed by atoms with Crippen LogP contribution < -0.4 is 10.1 Å². The number of pyridine rings is 1. The van der Waals surface area contributed by atoms with Crippen LogP contribution >= 0.6 is 11.3 Å². The SMILES string of the molecule is O=C(COc1ccc(-c2ccccc2F)nc1)Nc1nccs1. The van der Waals surface area contributed by atoms with Gasteiger partial charge in [-0.15, -0.1) is 11.3 Å². The first kappa shape index (κ1) is 15.1. The number of hydrogen-bond donors (Lipinski definition) is 1. The van der Waals surface area contributed by atoms with E-state index in [1.807, 2.05) is 0 Å². The average Bonchev–Trinajstić information content (AvgIpc) is 3.07. The molecule has 2 aromatic heterocycles. The number of hydrogen-bond acceptors (Lipinski definition) is 5. The molecule has 0 atom stereocenters. The number of halogens is 1. The molecule has 5 nitrogen and oxygen atoms in total. The van der Waals surface area contributed by atoms with Crippen molar-refractivity contribution in [3.8, 4) is 17.0 Å². The first-order chi connectivity index (χ1) is 11.2. The van der Waals surface area contributed by atoms with Crippen LogP contribution in [-0.4, -0.2) is 22.5 Å². The van der Waals surface area contributed by atoms with Crippen molar-refractivity contribution in [1.29, 1.82) is 0 Å². The van der Waals surface area contributed by atoms with E-state index in [0.717, 1.165) is 0 Å². The fourth-order valence-corrected chi connectivity index (χ4v) is 2.43. The third-order valence-corrected chi connectivity index (χ3v) is 3.62. The lowest BCUT2D eigenvalue weighted by Gasteiger charge is -2.07. The van der Waals surface area contributed by atoms with Gasteiger partial charge < -0.3 is 4.74 Å². The monoisotopic (exact) mass is 329 g/mol. The molecule has 0 spiro atoms. The van der Waals surface area contributed by atoms with Gasteiger partial charge in [0.2, 0.25) is 0 Å². The molecule has 7 heteroatoms. The Kier molecular flexibility index (Phi) is 4.58. The Labute approximate surface area is 135 Å². The van der Waals surface area contributed by atoms with Crippen molar-refractivity contribution in [3.63, 3.8) is 0 Å². The van der Waals surface area contributed by atoms with E-state index < -0.39 is 0 Å². The Hall–Kier alpha value is -2.80. The van der Waals surface area contributed by atoms with Crippen molar-refractivity contribution in [1.82, 2.24) is 9.97 Å². The number of nitrogens with one attached hydrogen (secondary N) is 1. The van der Waals surface area contributed by atoms with Crippen molar-refractivity contribution in [3.05, 3.63) is 60.0 Å². The first-order valence-electron chi connectivity index (χ1n) is 6.75. The second-order valence-electron chi connectivity index (χ2n) is 4.53. The quantitative estimate of drug-likeness (QED) is 0.779. The van der Waals surface area contributed by atoms with Gasteiger partial charge in [0, 0.05) is 17.1 Å². The Bertz CT molecular complexity index is 791. The van der Waals surface area contributed by atoms with Gasteiger partial charge in [-0.3, -0.25) is 15.1 Å². The molecule has 0 aliphatic rings. The minimum absolute atomic E-state index is 0.152. The second-order valence-corrected chi connectivity index (χ2v) is 5.43. The number of anilines is 1. The maximum atomic E-state index is 13.7. The van der Waals surface area contributed by atoms with Gasteiger partial charge in [-0.2, -0.15) is 0 Å². The molecule has 3 rings (SSSR count). The molecule has 0 aliphatic carbocycles. The van der Waals surface area contributed by atoms with Crippen LogP contribution in [-0.2, 0) is 4.79 Å². The summed E-state index contributed by atoms with van der Waals surface area (Å²) in [6.45, 7) is -0.152. The van der Waals surface area contributed by atoms with E-state index in [0.29, 0.717) is 22.1 Å². The van der Waals surface area contributed by atoms with Gasteiger partial charge in [0.1, 0.15) is 11.6 Å². The summed E-state index contributed by atoms with van der Waals surface area (Å²) in [7, 11) is 0. The molecule has 0 saturated carbocycles. The Balaban J connectivity index is 1.59. The molecule has 0 unspecified atom stereocenters. The minimum Gasteiger partial charge on any atom is -0.482 e. The molecule has 1 aromatic carbocycles. The lowest BCUT2D eigenvalue weighted by atomic mass is 10.1. The smallest absolute Gasteiger partial charge is 0.264 e. The molecule has 116 valence electrons. The number of nitrogens with zero attached hydrogens (tertiary/aromatic N) is 2.